The first-order valence-corrected chi connectivity index (χ1v) is 9.49. The fraction of sp³-hybridized carbons (Fsp3) is 0.526. The van der Waals surface area contributed by atoms with Crippen molar-refractivity contribution in [3.8, 4) is 0 Å². The Hall–Kier alpha value is -2.68. The van der Waals surface area contributed by atoms with Gasteiger partial charge in [-0.25, -0.2) is 9.18 Å². The van der Waals surface area contributed by atoms with E-state index in [2.05, 4.69) is 5.32 Å². The van der Waals surface area contributed by atoms with Crippen LogP contribution >= 0.6 is 0 Å². The second kappa shape index (κ2) is 7.38. The number of carbonyl (C=O) groups is 3. The van der Waals surface area contributed by atoms with Crippen molar-refractivity contribution in [2.45, 2.75) is 18.4 Å². The largest absolute Gasteiger partial charge is 0.381 e. The summed E-state index contributed by atoms with van der Waals surface area (Å²) >= 11 is 0. The number of nitrogens with one attached hydrogen (secondary N) is 1. The van der Waals surface area contributed by atoms with Crippen LogP contribution in [0.1, 0.15) is 12.8 Å². The van der Waals surface area contributed by atoms with E-state index < -0.39 is 11.6 Å². The number of rotatable bonds is 3. The summed E-state index contributed by atoms with van der Waals surface area (Å²) in [4.78, 5) is 42.2. The molecule has 4 amide bonds. The molecule has 3 saturated heterocycles. The molecule has 3 aliphatic heterocycles. The van der Waals surface area contributed by atoms with E-state index in [4.69, 9.17) is 4.74 Å². The monoisotopic (exact) mass is 390 g/mol. The molecule has 0 atom stereocenters. The van der Waals surface area contributed by atoms with Gasteiger partial charge in [-0.15, -0.1) is 0 Å². The Labute approximate surface area is 162 Å². The van der Waals surface area contributed by atoms with Crippen LogP contribution in [-0.2, 0) is 14.3 Å². The number of hydrogen-bond donors (Lipinski definition) is 1. The molecule has 0 bridgehead atoms. The molecule has 0 aromatic heterocycles. The Kier molecular flexibility index (Phi) is 4.92. The zero-order chi connectivity index (χ0) is 19.7. The lowest BCUT2D eigenvalue weighted by Gasteiger charge is -2.36. The van der Waals surface area contributed by atoms with Crippen LogP contribution in [0, 0.1) is 5.82 Å². The number of imide groups is 1. The number of nitrogens with zero attached hydrogens (tertiary/aromatic N) is 3. The zero-order valence-corrected chi connectivity index (χ0v) is 15.5. The van der Waals surface area contributed by atoms with Crippen LogP contribution in [0.15, 0.2) is 24.3 Å². The Bertz CT molecular complexity index is 788. The number of para-hydroxylation sites is 1. The lowest BCUT2D eigenvalue weighted by atomic mass is 9.90. The molecule has 28 heavy (non-hydrogen) atoms. The van der Waals surface area contributed by atoms with Gasteiger partial charge in [-0.2, -0.15) is 0 Å². The lowest BCUT2D eigenvalue weighted by Crippen LogP contribution is -2.53. The summed E-state index contributed by atoms with van der Waals surface area (Å²) in [6, 6.07) is 6.02. The predicted molar refractivity (Wildman–Crippen MR) is 98.2 cm³/mol. The highest BCUT2D eigenvalue weighted by Gasteiger charge is 2.52. The third-order valence-corrected chi connectivity index (χ3v) is 5.71. The molecule has 150 valence electrons. The molecule has 0 aliphatic carbocycles. The van der Waals surface area contributed by atoms with Gasteiger partial charge < -0.3 is 19.9 Å². The topological polar surface area (TPSA) is 82.2 Å². The molecule has 8 nitrogen and oxygen atoms in total. The third kappa shape index (κ3) is 3.30. The SMILES string of the molecule is O=C(CN1C(=O)NC2(CCOCC2)C1=O)N1CCN(c2ccccc2F)CC1. The molecule has 1 spiro atoms. The van der Waals surface area contributed by atoms with E-state index in [1.807, 2.05) is 4.90 Å². The number of amides is 4. The van der Waals surface area contributed by atoms with Crippen LogP contribution in [0.5, 0.6) is 0 Å². The Balaban J connectivity index is 1.35. The minimum absolute atomic E-state index is 0.271. The van der Waals surface area contributed by atoms with Gasteiger partial charge in [0.25, 0.3) is 5.91 Å². The van der Waals surface area contributed by atoms with Gasteiger partial charge in [-0.05, 0) is 12.1 Å². The van der Waals surface area contributed by atoms with E-state index in [0.717, 1.165) is 4.90 Å². The second-order valence-corrected chi connectivity index (χ2v) is 7.34. The molecule has 1 aromatic carbocycles. The first kappa shape index (κ1) is 18.7. The maximum absolute atomic E-state index is 13.9. The summed E-state index contributed by atoms with van der Waals surface area (Å²) in [6.07, 6.45) is 0.840. The minimum Gasteiger partial charge on any atom is -0.381 e. The summed E-state index contributed by atoms with van der Waals surface area (Å²) in [6.45, 7) is 2.36. The van der Waals surface area contributed by atoms with E-state index in [1.54, 1.807) is 23.1 Å². The van der Waals surface area contributed by atoms with Gasteiger partial charge >= 0.3 is 6.03 Å². The van der Waals surface area contributed by atoms with Crippen molar-refractivity contribution < 1.29 is 23.5 Å². The second-order valence-electron chi connectivity index (χ2n) is 7.34. The fourth-order valence-electron chi connectivity index (χ4n) is 4.02. The quantitative estimate of drug-likeness (QED) is 0.764. The van der Waals surface area contributed by atoms with Gasteiger partial charge in [0.2, 0.25) is 5.91 Å². The van der Waals surface area contributed by atoms with Crippen molar-refractivity contribution in [3.05, 3.63) is 30.1 Å². The molecule has 4 rings (SSSR count). The number of urea groups is 1. The first-order chi connectivity index (χ1) is 13.5. The number of halogens is 1. The van der Waals surface area contributed by atoms with Crippen molar-refractivity contribution in [1.29, 1.82) is 0 Å². The third-order valence-electron chi connectivity index (χ3n) is 5.71. The molecule has 3 fully saturated rings. The normalized spacial score (nSPS) is 22.0. The number of carbonyl (C=O) groups excluding carboxylic acids is 3. The van der Waals surface area contributed by atoms with Gasteiger partial charge in [-0.3, -0.25) is 14.5 Å². The van der Waals surface area contributed by atoms with Crippen molar-refractivity contribution >= 4 is 23.5 Å². The summed E-state index contributed by atoms with van der Waals surface area (Å²) in [5, 5.41) is 2.75. The van der Waals surface area contributed by atoms with Gasteiger partial charge in [0.1, 0.15) is 17.9 Å². The number of anilines is 1. The van der Waals surface area contributed by atoms with E-state index in [0.29, 0.717) is 57.9 Å². The Morgan fingerprint density at radius 2 is 1.79 bits per heavy atom. The highest BCUT2D eigenvalue weighted by atomic mass is 19.1. The van der Waals surface area contributed by atoms with Crippen LogP contribution in [-0.4, -0.2) is 79.1 Å². The first-order valence-electron chi connectivity index (χ1n) is 9.49. The minimum atomic E-state index is -0.931. The van der Waals surface area contributed by atoms with Crippen LogP contribution in [0.3, 0.4) is 0 Å². The summed E-state index contributed by atoms with van der Waals surface area (Å²) < 4.78 is 19.2. The highest BCUT2D eigenvalue weighted by Crippen LogP contribution is 2.28. The van der Waals surface area contributed by atoms with Crippen molar-refractivity contribution in [2.24, 2.45) is 0 Å². The molecular formula is C19H23FN4O4. The Morgan fingerprint density at radius 3 is 2.46 bits per heavy atom. The maximum Gasteiger partial charge on any atom is 0.325 e. The Morgan fingerprint density at radius 1 is 1.11 bits per heavy atom. The van der Waals surface area contributed by atoms with E-state index in [1.165, 1.54) is 6.07 Å². The van der Waals surface area contributed by atoms with Crippen molar-refractivity contribution in [3.63, 3.8) is 0 Å². The molecule has 1 N–H and O–H groups in total. The molecule has 1 aromatic rings. The van der Waals surface area contributed by atoms with Crippen LogP contribution in [0.2, 0.25) is 0 Å². The van der Waals surface area contributed by atoms with E-state index in [-0.39, 0.29) is 24.2 Å². The van der Waals surface area contributed by atoms with Crippen LogP contribution in [0.25, 0.3) is 0 Å². The smallest absolute Gasteiger partial charge is 0.325 e. The molecule has 0 saturated carbocycles. The zero-order valence-electron chi connectivity index (χ0n) is 15.5. The number of benzene rings is 1. The molecule has 3 heterocycles. The van der Waals surface area contributed by atoms with Gasteiger partial charge in [0.05, 0.1) is 5.69 Å². The summed E-state index contributed by atoms with van der Waals surface area (Å²) in [7, 11) is 0. The van der Waals surface area contributed by atoms with Gasteiger partial charge in [0, 0.05) is 52.2 Å². The van der Waals surface area contributed by atoms with Crippen molar-refractivity contribution in [2.75, 3.05) is 50.8 Å². The average Bonchev–Trinajstić information content (AvgIpc) is 2.93. The van der Waals surface area contributed by atoms with Gasteiger partial charge in [-0.1, -0.05) is 12.1 Å². The fourth-order valence-corrected chi connectivity index (χ4v) is 4.02. The van der Waals surface area contributed by atoms with Gasteiger partial charge in [0.15, 0.2) is 0 Å². The average molecular weight is 390 g/mol. The standard InChI is InChI=1S/C19H23FN4O4/c20-14-3-1-2-4-15(14)22-7-9-23(10-8-22)16(25)13-24-17(26)19(21-18(24)27)5-11-28-12-6-19/h1-4H,5-13H2,(H,21,27). The van der Waals surface area contributed by atoms with Crippen molar-refractivity contribution in [1.82, 2.24) is 15.1 Å². The summed E-state index contributed by atoms with van der Waals surface area (Å²) in [5.74, 6) is -0.914. The molecule has 9 heteroatoms. The maximum atomic E-state index is 13.9. The number of piperazine rings is 1. The lowest BCUT2D eigenvalue weighted by molar-refractivity contribution is -0.140. The summed E-state index contributed by atoms with van der Waals surface area (Å²) in [5.41, 5.74) is -0.413. The molecular weight excluding hydrogens is 367 g/mol. The predicted octanol–water partition coefficient (Wildman–Crippen LogP) is 0.575. The van der Waals surface area contributed by atoms with E-state index in [9.17, 15) is 18.8 Å². The van der Waals surface area contributed by atoms with Crippen LogP contribution in [0.4, 0.5) is 14.9 Å². The molecule has 0 radical (unpaired) electrons. The van der Waals surface area contributed by atoms with E-state index >= 15 is 0 Å². The molecule has 0 unspecified atom stereocenters. The molecule has 3 aliphatic rings. The highest BCUT2D eigenvalue weighted by molar-refractivity contribution is 6.09. The number of ether oxygens (including phenoxy) is 1. The van der Waals surface area contributed by atoms with Crippen LogP contribution < -0.4 is 10.2 Å². The number of hydrogen-bond acceptors (Lipinski definition) is 5.